The van der Waals surface area contributed by atoms with Crippen LogP contribution in [0.2, 0.25) is 0 Å². The molecular weight excluding hydrogens is 422 g/mol. The minimum atomic E-state index is -3.84. The van der Waals surface area contributed by atoms with Crippen molar-refractivity contribution in [3.05, 3.63) is 54.1 Å². The molecule has 2 aromatic rings. The molecule has 168 valence electrons. The molecule has 0 aliphatic heterocycles. The minimum absolute atomic E-state index is 0.00774. The summed E-state index contributed by atoms with van der Waals surface area (Å²) in [5, 5.41) is 5.35. The lowest BCUT2D eigenvalue weighted by atomic mass is 10.2. The van der Waals surface area contributed by atoms with Crippen LogP contribution in [0.25, 0.3) is 0 Å². The van der Waals surface area contributed by atoms with Crippen molar-refractivity contribution in [2.24, 2.45) is 0 Å². The molecule has 0 atom stereocenters. The third kappa shape index (κ3) is 7.14. The van der Waals surface area contributed by atoms with Gasteiger partial charge in [0.05, 0.1) is 18.1 Å². The molecule has 0 heterocycles. The average Bonchev–Trinajstić information content (AvgIpc) is 2.74. The number of ether oxygens (including phenoxy) is 2. The fraction of sp³-hybridized carbons (Fsp3) is 0.333. The highest BCUT2D eigenvalue weighted by Gasteiger charge is 2.25. The Bertz CT molecular complexity index is 984. The highest BCUT2D eigenvalue weighted by Crippen LogP contribution is 2.19. The van der Waals surface area contributed by atoms with E-state index in [1.165, 1.54) is 49.7 Å². The van der Waals surface area contributed by atoms with Crippen LogP contribution in [0.15, 0.2) is 53.4 Å². The van der Waals surface area contributed by atoms with E-state index in [9.17, 15) is 18.0 Å². The lowest BCUT2D eigenvalue weighted by Crippen LogP contribution is -2.36. The number of sulfonamides is 1. The SMILES string of the molecule is COCCN(CCOC)S(=O)(=O)c1cccc(C(=O)Nc2ccc(NC(C)=O)cc2)c1. The number of hydrogen-bond donors (Lipinski definition) is 2. The summed E-state index contributed by atoms with van der Waals surface area (Å²) in [6, 6.07) is 12.4. The molecule has 31 heavy (non-hydrogen) atoms. The van der Waals surface area contributed by atoms with E-state index in [0.717, 1.165) is 0 Å². The van der Waals surface area contributed by atoms with Gasteiger partial charge in [0.15, 0.2) is 0 Å². The Balaban J connectivity index is 2.18. The Morgan fingerprint density at radius 3 is 1.97 bits per heavy atom. The fourth-order valence-electron chi connectivity index (χ4n) is 2.73. The third-order valence-corrected chi connectivity index (χ3v) is 6.18. The van der Waals surface area contributed by atoms with Gasteiger partial charge in [0.2, 0.25) is 15.9 Å². The van der Waals surface area contributed by atoms with Crippen LogP contribution >= 0.6 is 0 Å². The normalized spacial score (nSPS) is 11.4. The van der Waals surface area contributed by atoms with Crippen molar-refractivity contribution in [2.45, 2.75) is 11.8 Å². The van der Waals surface area contributed by atoms with Gasteiger partial charge in [0.1, 0.15) is 0 Å². The molecule has 0 unspecified atom stereocenters. The molecule has 0 aliphatic rings. The number of nitrogens with zero attached hydrogens (tertiary/aromatic N) is 1. The first kappa shape index (κ1) is 24.5. The number of methoxy groups -OCH3 is 2. The summed E-state index contributed by atoms with van der Waals surface area (Å²) < 4.78 is 37.4. The Kier molecular flexibility index (Phi) is 9.13. The molecule has 0 saturated carbocycles. The van der Waals surface area contributed by atoms with E-state index in [4.69, 9.17) is 9.47 Å². The second kappa shape index (κ2) is 11.6. The molecular formula is C21H27N3O6S. The fourth-order valence-corrected chi connectivity index (χ4v) is 4.18. The summed E-state index contributed by atoms with van der Waals surface area (Å²) in [5.74, 6) is -0.649. The third-order valence-electron chi connectivity index (χ3n) is 4.29. The Labute approximate surface area is 182 Å². The van der Waals surface area contributed by atoms with Crippen LogP contribution in [0.1, 0.15) is 17.3 Å². The zero-order valence-corrected chi connectivity index (χ0v) is 18.6. The van der Waals surface area contributed by atoms with Gasteiger partial charge in [-0.25, -0.2) is 8.42 Å². The van der Waals surface area contributed by atoms with Gasteiger partial charge >= 0.3 is 0 Å². The topological polar surface area (TPSA) is 114 Å². The van der Waals surface area contributed by atoms with Gasteiger partial charge in [-0.1, -0.05) is 6.07 Å². The van der Waals surface area contributed by atoms with E-state index in [-0.39, 0.29) is 42.7 Å². The molecule has 0 bridgehead atoms. The summed E-state index contributed by atoms with van der Waals surface area (Å²) in [5.41, 5.74) is 1.31. The maximum atomic E-state index is 13.1. The largest absolute Gasteiger partial charge is 0.383 e. The predicted molar refractivity (Wildman–Crippen MR) is 118 cm³/mol. The van der Waals surface area contributed by atoms with Crippen LogP contribution < -0.4 is 10.6 Å². The molecule has 2 N–H and O–H groups in total. The molecule has 0 spiro atoms. The molecule has 2 aromatic carbocycles. The Hall–Kier alpha value is -2.79. The van der Waals surface area contributed by atoms with E-state index in [0.29, 0.717) is 11.4 Å². The lowest BCUT2D eigenvalue weighted by molar-refractivity contribution is -0.114. The summed E-state index contributed by atoms with van der Waals surface area (Å²) in [6.07, 6.45) is 0. The molecule has 0 fully saturated rings. The maximum Gasteiger partial charge on any atom is 0.255 e. The zero-order valence-electron chi connectivity index (χ0n) is 17.8. The van der Waals surface area contributed by atoms with Gasteiger partial charge in [-0.2, -0.15) is 4.31 Å². The van der Waals surface area contributed by atoms with Crippen LogP contribution in [0.3, 0.4) is 0 Å². The quantitative estimate of drug-likeness (QED) is 0.544. The van der Waals surface area contributed by atoms with Crippen LogP contribution in [-0.4, -0.2) is 65.1 Å². The van der Waals surface area contributed by atoms with Crippen molar-refractivity contribution < 1.29 is 27.5 Å². The molecule has 0 saturated heterocycles. The van der Waals surface area contributed by atoms with Crippen molar-refractivity contribution >= 4 is 33.2 Å². The van der Waals surface area contributed by atoms with Crippen LogP contribution in [0, 0.1) is 0 Å². The number of anilines is 2. The highest BCUT2D eigenvalue weighted by molar-refractivity contribution is 7.89. The van der Waals surface area contributed by atoms with E-state index in [2.05, 4.69) is 10.6 Å². The minimum Gasteiger partial charge on any atom is -0.383 e. The van der Waals surface area contributed by atoms with E-state index in [1.54, 1.807) is 24.3 Å². The van der Waals surface area contributed by atoms with Gasteiger partial charge < -0.3 is 20.1 Å². The van der Waals surface area contributed by atoms with Crippen molar-refractivity contribution in [1.29, 1.82) is 0 Å². The van der Waals surface area contributed by atoms with Crippen LogP contribution in [-0.2, 0) is 24.3 Å². The van der Waals surface area contributed by atoms with Gasteiger partial charge in [-0.3, -0.25) is 9.59 Å². The van der Waals surface area contributed by atoms with Crippen molar-refractivity contribution in [3.8, 4) is 0 Å². The number of rotatable bonds is 11. The smallest absolute Gasteiger partial charge is 0.255 e. The Morgan fingerprint density at radius 1 is 0.903 bits per heavy atom. The van der Waals surface area contributed by atoms with E-state index >= 15 is 0 Å². The molecule has 2 rings (SSSR count). The maximum absolute atomic E-state index is 13.1. The molecule has 10 heteroatoms. The Morgan fingerprint density at radius 2 is 1.45 bits per heavy atom. The first-order valence-corrected chi connectivity index (χ1v) is 11.0. The first-order chi connectivity index (χ1) is 14.8. The van der Waals surface area contributed by atoms with E-state index < -0.39 is 15.9 Å². The summed E-state index contributed by atoms with van der Waals surface area (Å²) in [7, 11) is -0.849. The molecule has 0 aliphatic carbocycles. The number of carbonyl (C=O) groups excluding carboxylic acids is 2. The number of hydrogen-bond acceptors (Lipinski definition) is 6. The van der Waals surface area contributed by atoms with Gasteiger partial charge in [0.25, 0.3) is 5.91 Å². The second-order valence-corrected chi connectivity index (χ2v) is 8.57. The van der Waals surface area contributed by atoms with Gasteiger partial charge in [-0.05, 0) is 42.5 Å². The number of benzene rings is 2. The summed E-state index contributed by atoms with van der Waals surface area (Å²) in [4.78, 5) is 23.7. The summed E-state index contributed by atoms with van der Waals surface area (Å²) >= 11 is 0. The summed E-state index contributed by atoms with van der Waals surface area (Å²) in [6.45, 7) is 2.20. The van der Waals surface area contributed by atoms with Crippen molar-refractivity contribution in [3.63, 3.8) is 0 Å². The second-order valence-electron chi connectivity index (χ2n) is 6.63. The number of nitrogens with one attached hydrogen (secondary N) is 2. The molecule has 9 nitrogen and oxygen atoms in total. The van der Waals surface area contributed by atoms with Crippen LogP contribution in [0.4, 0.5) is 11.4 Å². The standard InChI is InChI=1S/C21H27N3O6S/c1-16(25)22-18-7-9-19(10-8-18)23-21(26)17-5-4-6-20(15-17)31(27,28)24(11-13-29-2)12-14-30-3/h4-10,15H,11-14H2,1-3H3,(H,22,25)(H,23,26). The average molecular weight is 450 g/mol. The molecule has 0 aromatic heterocycles. The van der Waals surface area contributed by atoms with Gasteiger partial charge in [0, 0.05) is 51.2 Å². The first-order valence-electron chi connectivity index (χ1n) is 9.55. The monoisotopic (exact) mass is 449 g/mol. The van der Waals surface area contributed by atoms with Crippen molar-refractivity contribution in [2.75, 3.05) is 51.2 Å². The predicted octanol–water partition coefficient (Wildman–Crippen LogP) is 2.18. The van der Waals surface area contributed by atoms with Crippen molar-refractivity contribution in [1.82, 2.24) is 4.31 Å². The molecule has 0 radical (unpaired) electrons. The van der Waals surface area contributed by atoms with E-state index in [1.807, 2.05) is 0 Å². The molecule has 2 amide bonds. The number of amides is 2. The zero-order chi connectivity index (χ0) is 22.9. The van der Waals surface area contributed by atoms with Crippen LogP contribution in [0.5, 0.6) is 0 Å². The van der Waals surface area contributed by atoms with Gasteiger partial charge in [-0.15, -0.1) is 0 Å². The lowest BCUT2D eigenvalue weighted by Gasteiger charge is -2.21. The highest BCUT2D eigenvalue weighted by atomic mass is 32.2. The number of carbonyl (C=O) groups is 2.